The monoisotopic (exact) mass is 397 g/mol. The van der Waals surface area contributed by atoms with Crippen molar-refractivity contribution in [3.05, 3.63) is 59.4 Å². The maximum absolute atomic E-state index is 13.2. The Labute approximate surface area is 171 Å². The molecule has 2 saturated heterocycles. The normalized spacial score (nSPS) is 25.7. The second-order valence-corrected chi connectivity index (χ2v) is 8.49. The van der Waals surface area contributed by atoms with Gasteiger partial charge in [-0.05, 0) is 36.6 Å². The van der Waals surface area contributed by atoms with Gasteiger partial charge in [-0.15, -0.1) is 0 Å². The van der Waals surface area contributed by atoms with E-state index in [1.54, 1.807) is 7.11 Å². The molecule has 2 aromatic carbocycles. The molecule has 2 aromatic rings. The van der Waals surface area contributed by atoms with Crippen molar-refractivity contribution in [2.24, 2.45) is 5.92 Å². The molecular formula is C24H28FNO3. The highest BCUT2D eigenvalue weighted by Crippen LogP contribution is 2.55. The number of rotatable bonds is 3. The van der Waals surface area contributed by atoms with Gasteiger partial charge in [0.2, 0.25) is 0 Å². The van der Waals surface area contributed by atoms with Crippen molar-refractivity contribution < 1.29 is 18.6 Å². The standard InChI is InChI=1S/C24H28FNO3/c1-27-21-6-2-4-19-22-20(5-3-15-28-22)24(29-23(19)21)11-13-26(14-12-24)16-17-7-9-18(25)10-8-17/h2,4,6-10,20,22H,3,5,11-16H2,1H3/t20-,22+/m0/s1. The van der Waals surface area contributed by atoms with Crippen LogP contribution < -0.4 is 9.47 Å². The summed E-state index contributed by atoms with van der Waals surface area (Å²) in [5.41, 5.74) is 2.08. The first-order chi connectivity index (χ1) is 14.2. The minimum atomic E-state index is -0.202. The fourth-order valence-corrected chi connectivity index (χ4v) is 5.34. The lowest BCUT2D eigenvalue weighted by atomic mass is 9.70. The summed E-state index contributed by atoms with van der Waals surface area (Å²) >= 11 is 0. The number of fused-ring (bicyclic) bond motifs is 4. The van der Waals surface area contributed by atoms with Crippen LogP contribution in [-0.2, 0) is 11.3 Å². The fraction of sp³-hybridized carbons (Fsp3) is 0.500. The molecule has 0 aromatic heterocycles. The number of benzene rings is 2. The van der Waals surface area contributed by atoms with Gasteiger partial charge in [0.1, 0.15) is 11.4 Å². The molecule has 3 heterocycles. The third kappa shape index (κ3) is 3.40. The van der Waals surface area contributed by atoms with Gasteiger partial charge in [0.25, 0.3) is 0 Å². The minimum Gasteiger partial charge on any atom is -0.493 e. The van der Waals surface area contributed by atoms with Crippen LogP contribution in [0.4, 0.5) is 4.39 Å². The predicted molar refractivity (Wildman–Crippen MR) is 109 cm³/mol. The van der Waals surface area contributed by atoms with E-state index in [0.717, 1.165) is 74.6 Å². The number of para-hydroxylation sites is 1. The lowest BCUT2D eigenvalue weighted by Crippen LogP contribution is -2.57. The van der Waals surface area contributed by atoms with Gasteiger partial charge in [0.15, 0.2) is 11.5 Å². The molecule has 154 valence electrons. The lowest BCUT2D eigenvalue weighted by molar-refractivity contribution is -0.150. The molecule has 0 unspecified atom stereocenters. The predicted octanol–water partition coefficient (Wildman–Crippen LogP) is 4.73. The minimum absolute atomic E-state index is 0.0891. The summed E-state index contributed by atoms with van der Waals surface area (Å²) in [4.78, 5) is 2.44. The van der Waals surface area contributed by atoms with Gasteiger partial charge in [-0.25, -0.2) is 4.39 Å². The Bertz CT molecular complexity index is 861. The molecule has 2 fully saturated rings. The molecular weight excluding hydrogens is 369 g/mol. The molecule has 0 saturated carbocycles. The third-order valence-corrected chi connectivity index (χ3v) is 6.86. The Kier molecular flexibility index (Phi) is 4.96. The average molecular weight is 397 g/mol. The van der Waals surface area contributed by atoms with Crippen LogP contribution in [0.25, 0.3) is 0 Å². The van der Waals surface area contributed by atoms with Crippen molar-refractivity contribution in [3.63, 3.8) is 0 Å². The molecule has 3 aliphatic rings. The molecule has 0 N–H and O–H groups in total. The molecule has 0 amide bonds. The maximum atomic E-state index is 13.2. The molecule has 0 aliphatic carbocycles. The highest BCUT2D eigenvalue weighted by Gasteiger charge is 2.53. The van der Waals surface area contributed by atoms with E-state index >= 15 is 0 Å². The summed E-state index contributed by atoms with van der Waals surface area (Å²) in [7, 11) is 1.70. The zero-order chi connectivity index (χ0) is 19.8. The Morgan fingerprint density at radius 2 is 1.93 bits per heavy atom. The van der Waals surface area contributed by atoms with Crippen molar-refractivity contribution in [1.29, 1.82) is 0 Å². The first-order valence-electron chi connectivity index (χ1n) is 10.6. The molecule has 29 heavy (non-hydrogen) atoms. The van der Waals surface area contributed by atoms with Crippen LogP contribution in [0.3, 0.4) is 0 Å². The van der Waals surface area contributed by atoms with Crippen LogP contribution >= 0.6 is 0 Å². The van der Waals surface area contributed by atoms with E-state index in [0.29, 0.717) is 5.92 Å². The van der Waals surface area contributed by atoms with E-state index in [1.165, 1.54) is 12.1 Å². The Morgan fingerprint density at radius 3 is 2.69 bits per heavy atom. The second kappa shape index (κ2) is 7.62. The molecule has 1 spiro atoms. The molecule has 3 aliphatic heterocycles. The van der Waals surface area contributed by atoms with Gasteiger partial charge in [-0.3, -0.25) is 4.90 Å². The number of halogens is 1. The van der Waals surface area contributed by atoms with E-state index in [9.17, 15) is 4.39 Å². The SMILES string of the molecule is COc1cccc2c1OC1(CCN(Cc3ccc(F)cc3)CC1)[C@H]1CCCO[C@H]21. The quantitative estimate of drug-likeness (QED) is 0.749. The maximum Gasteiger partial charge on any atom is 0.167 e. The lowest BCUT2D eigenvalue weighted by Gasteiger charge is -2.53. The van der Waals surface area contributed by atoms with E-state index in [-0.39, 0.29) is 17.5 Å². The number of piperidine rings is 1. The summed E-state index contributed by atoms with van der Waals surface area (Å²) in [6.45, 7) is 3.58. The average Bonchev–Trinajstić information content (AvgIpc) is 2.77. The molecule has 2 atom stereocenters. The summed E-state index contributed by atoms with van der Waals surface area (Å²) < 4.78 is 31.9. The third-order valence-electron chi connectivity index (χ3n) is 6.86. The second-order valence-electron chi connectivity index (χ2n) is 8.49. The van der Waals surface area contributed by atoms with Gasteiger partial charge in [0.05, 0.1) is 13.2 Å². The van der Waals surface area contributed by atoms with Crippen LogP contribution in [-0.4, -0.2) is 37.3 Å². The van der Waals surface area contributed by atoms with Crippen LogP contribution in [0.5, 0.6) is 11.5 Å². The highest BCUT2D eigenvalue weighted by atomic mass is 19.1. The molecule has 5 heteroatoms. The molecule has 4 nitrogen and oxygen atoms in total. The van der Waals surface area contributed by atoms with Gasteiger partial charge in [-0.2, -0.15) is 0 Å². The zero-order valence-electron chi connectivity index (χ0n) is 16.9. The fourth-order valence-electron chi connectivity index (χ4n) is 5.34. The molecule has 0 bridgehead atoms. The number of methoxy groups -OCH3 is 1. The smallest absolute Gasteiger partial charge is 0.167 e. The number of hydrogen-bond donors (Lipinski definition) is 0. The molecule has 5 rings (SSSR count). The Morgan fingerprint density at radius 1 is 1.14 bits per heavy atom. The summed E-state index contributed by atoms with van der Waals surface area (Å²) in [5.74, 6) is 1.86. The number of ether oxygens (including phenoxy) is 3. The van der Waals surface area contributed by atoms with E-state index in [4.69, 9.17) is 14.2 Å². The van der Waals surface area contributed by atoms with Crippen molar-refractivity contribution in [2.45, 2.75) is 43.9 Å². The number of likely N-dealkylation sites (tertiary alicyclic amines) is 1. The van der Waals surface area contributed by atoms with Crippen molar-refractivity contribution >= 4 is 0 Å². The van der Waals surface area contributed by atoms with E-state index in [1.807, 2.05) is 24.3 Å². The first kappa shape index (κ1) is 18.9. The summed E-state index contributed by atoms with van der Waals surface area (Å²) in [6.07, 6.45) is 4.25. The summed E-state index contributed by atoms with van der Waals surface area (Å²) in [5, 5.41) is 0. The highest BCUT2D eigenvalue weighted by molar-refractivity contribution is 5.50. The van der Waals surface area contributed by atoms with Gasteiger partial charge in [0, 0.05) is 50.6 Å². The van der Waals surface area contributed by atoms with Crippen LogP contribution in [0.15, 0.2) is 42.5 Å². The van der Waals surface area contributed by atoms with E-state index in [2.05, 4.69) is 11.0 Å². The summed E-state index contributed by atoms with van der Waals surface area (Å²) in [6, 6.07) is 13.0. The van der Waals surface area contributed by atoms with Crippen LogP contribution in [0.2, 0.25) is 0 Å². The van der Waals surface area contributed by atoms with Crippen LogP contribution in [0, 0.1) is 11.7 Å². The van der Waals surface area contributed by atoms with Crippen LogP contribution in [0.1, 0.15) is 42.9 Å². The van der Waals surface area contributed by atoms with Crippen molar-refractivity contribution in [3.8, 4) is 11.5 Å². The van der Waals surface area contributed by atoms with Gasteiger partial charge >= 0.3 is 0 Å². The topological polar surface area (TPSA) is 30.9 Å². The van der Waals surface area contributed by atoms with Crippen molar-refractivity contribution in [1.82, 2.24) is 4.90 Å². The number of nitrogens with zero attached hydrogens (tertiary/aromatic N) is 1. The van der Waals surface area contributed by atoms with Gasteiger partial charge in [-0.1, -0.05) is 24.3 Å². The molecule has 0 radical (unpaired) electrons. The Hall–Kier alpha value is -2.11. The van der Waals surface area contributed by atoms with Crippen molar-refractivity contribution in [2.75, 3.05) is 26.8 Å². The zero-order valence-corrected chi connectivity index (χ0v) is 16.9. The first-order valence-corrected chi connectivity index (χ1v) is 10.6. The number of hydrogen-bond acceptors (Lipinski definition) is 4. The Balaban J connectivity index is 1.38. The van der Waals surface area contributed by atoms with Gasteiger partial charge < -0.3 is 14.2 Å². The largest absolute Gasteiger partial charge is 0.493 e. The van der Waals surface area contributed by atoms with E-state index < -0.39 is 0 Å².